The highest BCUT2D eigenvalue weighted by molar-refractivity contribution is 5.89. The van der Waals surface area contributed by atoms with E-state index in [0.717, 1.165) is 24.9 Å². The molecule has 2 saturated heterocycles. The van der Waals surface area contributed by atoms with Crippen LogP contribution in [0.3, 0.4) is 0 Å². The lowest BCUT2D eigenvalue weighted by molar-refractivity contribution is -0.156. The molecule has 3 rings (SSSR count). The third-order valence-corrected chi connectivity index (χ3v) is 5.74. The highest BCUT2D eigenvalue weighted by atomic mass is 16.5. The van der Waals surface area contributed by atoms with Gasteiger partial charge < -0.3 is 25.2 Å². The van der Waals surface area contributed by atoms with Crippen LogP contribution in [0.1, 0.15) is 18.4 Å². The summed E-state index contributed by atoms with van der Waals surface area (Å²) in [4.78, 5) is 38.1. The largest absolute Gasteiger partial charge is 0.483 e. The molecule has 2 heterocycles. The van der Waals surface area contributed by atoms with Crippen molar-refractivity contribution in [3.8, 4) is 0 Å². The second-order valence-electron chi connectivity index (χ2n) is 7.97. The summed E-state index contributed by atoms with van der Waals surface area (Å²) in [5.41, 5.74) is 0.504. The molecule has 0 unspecified atom stereocenters. The van der Waals surface area contributed by atoms with Crippen LogP contribution in [-0.4, -0.2) is 97.4 Å². The number of amides is 2. The number of aliphatic hydroxyl groups is 1. The van der Waals surface area contributed by atoms with E-state index in [9.17, 15) is 9.59 Å². The minimum atomic E-state index is -0.592. The van der Waals surface area contributed by atoms with E-state index in [1.54, 1.807) is 0 Å². The normalized spacial score (nSPS) is 19.7. The molecule has 31 heavy (non-hydrogen) atoms. The van der Waals surface area contributed by atoms with Gasteiger partial charge >= 0.3 is 0 Å². The van der Waals surface area contributed by atoms with Gasteiger partial charge in [0.15, 0.2) is 0 Å². The summed E-state index contributed by atoms with van der Waals surface area (Å²) in [6.07, 6.45) is 2.55. The molecular weight excluding hydrogens is 402 g/mol. The zero-order valence-corrected chi connectivity index (χ0v) is 18.0. The number of hydrogen-bond acceptors (Lipinski definition) is 6. The Labute approximate surface area is 183 Å². The Bertz CT molecular complexity index is 708. The Morgan fingerprint density at radius 1 is 1.26 bits per heavy atom. The summed E-state index contributed by atoms with van der Waals surface area (Å²) in [6.45, 7) is 2.61. The second kappa shape index (κ2) is 12.4. The minimum absolute atomic E-state index is 0.0292. The van der Waals surface area contributed by atoms with Gasteiger partial charge in [-0.15, -0.1) is 0 Å². The number of aliphatic hydroxyl groups excluding tert-OH is 1. The maximum Gasteiger partial charge on any atom is 0.290 e. The average Bonchev–Trinajstić information content (AvgIpc) is 3.17. The molecule has 1 aromatic rings. The number of nitrogens with one attached hydrogen (secondary N) is 1. The van der Waals surface area contributed by atoms with Gasteiger partial charge in [0.2, 0.25) is 11.8 Å². The maximum absolute atomic E-state index is 13.0. The summed E-state index contributed by atoms with van der Waals surface area (Å²) >= 11 is 0. The molecule has 9 nitrogen and oxygen atoms in total. The Morgan fingerprint density at radius 3 is 2.52 bits per heavy atom. The van der Waals surface area contributed by atoms with Crippen molar-refractivity contribution in [2.45, 2.75) is 25.3 Å². The van der Waals surface area contributed by atoms with Crippen molar-refractivity contribution in [2.24, 2.45) is 5.41 Å². The van der Waals surface area contributed by atoms with Gasteiger partial charge in [0.25, 0.3) is 6.47 Å². The van der Waals surface area contributed by atoms with Gasteiger partial charge in [-0.3, -0.25) is 19.3 Å². The molecule has 0 saturated carbocycles. The summed E-state index contributed by atoms with van der Waals surface area (Å²) < 4.78 is 5.22. The lowest BCUT2D eigenvalue weighted by Crippen LogP contribution is -2.67. The molecule has 0 aromatic heterocycles. The van der Waals surface area contributed by atoms with Crippen LogP contribution in [0.2, 0.25) is 0 Å². The summed E-state index contributed by atoms with van der Waals surface area (Å²) in [5.74, 6) is 0.107. The predicted molar refractivity (Wildman–Crippen MR) is 114 cm³/mol. The van der Waals surface area contributed by atoms with Gasteiger partial charge in [0, 0.05) is 19.6 Å². The molecule has 0 radical (unpaired) electrons. The Kier molecular flexibility index (Phi) is 9.90. The first-order chi connectivity index (χ1) is 15.0. The lowest BCUT2D eigenvalue weighted by atomic mass is 9.73. The molecule has 0 bridgehead atoms. The smallest absolute Gasteiger partial charge is 0.290 e. The summed E-state index contributed by atoms with van der Waals surface area (Å²) in [6, 6.07) is 9.90. The number of carboxylic acid groups (broad SMARTS) is 1. The van der Waals surface area contributed by atoms with E-state index in [4.69, 9.17) is 19.7 Å². The molecule has 2 amide bonds. The highest BCUT2D eigenvalue weighted by Crippen LogP contribution is 2.36. The lowest BCUT2D eigenvalue weighted by Gasteiger charge is -2.50. The third kappa shape index (κ3) is 6.75. The van der Waals surface area contributed by atoms with Gasteiger partial charge in [0.05, 0.1) is 31.3 Å². The fourth-order valence-corrected chi connectivity index (χ4v) is 4.19. The molecule has 2 aliphatic heterocycles. The Balaban J connectivity index is 0.00000107. The van der Waals surface area contributed by atoms with Crippen molar-refractivity contribution in [1.82, 2.24) is 15.1 Å². The first-order valence-corrected chi connectivity index (χ1v) is 10.5. The zero-order valence-electron chi connectivity index (χ0n) is 18.0. The van der Waals surface area contributed by atoms with Crippen LogP contribution in [0, 0.1) is 5.41 Å². The molecular formula is C22H33N3O6. The van der Waals surface area contributed by atoms with Crippen LogP contribution in [-0.2, 0) is 25.5 Å². The SMILES string of the molecule is CN1CCC[C@H]1C(=O)N1CC(Cc2ccccc2)(C(=O)NCCOCCO)C1.O=CO. The predicted octanol–water partition coefficient (Wildman–Crippen LogP) is -0.0222. The van der Waals surface area contributed by atoms with Crippen LogP contribution < -0.4 is 5.32 Å². The number of carbonyl (C=O) groups is 3. The minimum Gasteiger partial charge on any atom is -0.483 e. The molecule has 3 N–H and O–H groups in total. The monoisotopic (exact) mass is 435 g/mol. The van der Waals surface area contributed by atoms with E-state index in [2.05, 4.69) is 10.2 Å². The van der Waals surface area contributed by atoms with Gasteiger partial charge in [-0.2, -0.15) is 0 Å². The second-order valence-corrected chi connectivity index (χ2v) is 7.97. The number of hydrogen-bond donors (Lipinski definition) is 3. The number of ether oxygens (including phenoxy) is 1. The van der Waals surface area contributed by atoms with Gasteiger partial charge in [0.1, 0.15) is 0 Å². The van der Waals surface area contributed by atoms with E-state index < -0.39 is 5.41 Å². The molecule has 0 spiro atoms. The van der Waals surface area contributed by atoms with Crippen molar-refractivity contribution in [3.05, 3.63) is 35.9 Å². The van der Waals surface area contributed by atoms with Crippen molar-refractivity contribution >= 4 is 18.3 Å². The van der Waals surface area contributed by atoms with Crippen molar-refractivity contribution in [2.75, 3.05) is 53.0 Å². The van der Waals surface area contributed by atoms with E-state index in [-0.39, 0.29) is 37.5 Å². The average molecular weight is 436 g/mol. The van der Waals surface area contributed by atoms with Crippen molar-refractivity contribution < 1.29 is 29.3 Å². The summed E-state index contributed by atoms with van der Waals surface area (Å²) in [5, 5.41) is 18.6. The number of carbonyl (C=O) groups excluding carboxylic acids is 2. The Hall–Kier alpha value is -2.49. The fraction of sp³-hybridized carbons (Fsp3) is 0.591. The van der Waals surface area contributed by atoms with Crippen LogP contribution >= 0.6 is 0 Å². The first-order valence-electron chi connectivity index (χ1n) is 10.5. The fourth-order valence-electron chi connectivity index (χ4n) is 4.19. The maximum atomic E-state index is 13.0. The third-order valence-electron chi connectivity index (χ3n) is 5.74. The van der Waals surface area contributed by atoms with E-state index in [1.807, 2.05) is 42.3 Å². The first kappa shape index (κ1) is 24.8. The highest BCUT2D eigenvalue weighted by Gasteiger charge is 2.52. The molecule has 0 aliphatic carbocycles. The number of nitrogens with zero attached hydrogens (tertiary/aromatic N) is 2. The molecule has 2 aliphatic rings. The number of benzene rings is 1. The quantitative estimate of drug-likeness (QED) is 0.368. The van der Waals surface area contributed by atoms with E-state index in [0.29, 0.717) is 32.7 Å². The van der Waals surface area contributed by atoms with E-state index in [1.165, 1.54) is 0 Å². The van der Waals surface area contributed by atoms with Gasteiger partial charge in [-0.25, -0.2) is 0 Å². The molecule has 1 aromatic carbocycles. The molecule has 172 valence electrons. The van der Waals surface area contributed by atoms with Crippen molar-refractivity contribution in [1.29, 1.82) is 0 Å². The van der Waals surface area contributed by atoms with Gasteiger partial charge in [-0.05, 0) is 38.4 Å². The van der Waals surface area contributed by atoms with Crippen LogP contribution in [0.4, 0.5) is 0 Å². The van der Waals surface area contributed by atoms with Gasteiger partial charge in [-0.1, -0.05) is 30.3 Å². The Morgan fingerprint density at radius 2 is 1.94 bits per heavy atom. The van der Waals surface area contributed by atoms with Crippen molar-refractivity contribution in [3.63, 3.8) is 0 Å². The summed E-state index contributed by atoms with van der Waals surface area (Å²) in [7, 11) is 1.99. The number of likely N-dealkylation sites (tertiary alicyclic amines) is 2. The molecule has 2 fully saturated rings. The van der Waals surface area contributed by atoms with Crippen LogP contribution in [0.25, 0.3) is 0 Å². The number of likely N-dealkylation sites (N-methyl/N-ethyl adjacent to an activating group) is 1. The van der Waals surface area contributed by atoms with E-state index >= 15 is 0 Å². The molecule has 1 atom stereocenters. The topological polar surface area (TPSA) is 119 Å². The number of rotatable bonds is 9. The standard InChI is InChI=1S/C21H31N3O4.CH2O2/c1-23-10-5-8-18(23)19(26)24-15-21(16-24,14-17-6-3-2-4-7-17)20(27)22-9-12-28-13-11-25;2-1-3/h2-4,6-7,18,25H,5,8-16H2,1H3,(H,22,27);1H,(H,2,3)/t18-;/m0./s1. The van der Waals surface area contributed by atoms with Crippen LogP contribution in [0.15, 0.2) is 30.3 Å². The zero-order chi connectivity index (χ0) is 22.7. The molecule has 9 heteroatoms. The van der Waals surface area contributed by atoms with Crippen LogP contribution in [0.5, 0.6) is 0 Å².